The number of hydrogen-bond acceptors (Lipinski definition) is 6. The Morgan fingerprint density at radius 3 is 3.15 bits per heavy atom. The molecule has 1 atom stereocenters. The molecule has 1 unspecified atom stereocenters. The molecule has 114 valence electrons. The van der Waals surface area contributed by atoms with Crippen molar-refractivity contribution in [3.8, 4) is 0 Å². The molecule has 5 nitrogen and oxygen atoms in total. The normalized spacial score (nSPS) is 19.6. The molecule has 6 heteroatoms. The average molecular weight is 298 g/mol. The van der Waals surface area contributed by atoms with Crippen LogP contribution >= 0.6 is 11.3 Å². The summed E-state index contributed by atoms with van der Waals surface area (Å²) >= 11 is 1.73. The number of rotatable bonds is 8. The number of likely N-dealkylation sites (tertiary alicyclic amines) is 1. The first kappa shape index (κ1) is 15.7. The first-order chi connectivity index (χ1) is 9.70. The maximum atomic E-state index is 5.01. The summed E-state index contributed by atoms with van der Waals surface area (Å²) < 4.78 is 5.01. The average Bonchev–Trinajstić information content (AvgIpc) is 3.05. The van der Waals surface area contributed by atoms with Gasteiger partial charge in [0.1, 0.15) is 0 Å². The summed E-state index contributed by atoms with van der Waals surface area (Å²) in [5.41, 5.74) is 1.12. The molecule has 2 heterocycles. The Morgan fingerprint density at radius 2 is 2.45 bits per heavy atom. The van der Waals surface area contributed by atoms with Gasteiger partial charge in [-0.3, -0.25) is 0 Å². The second-order valence-corrected chi connectivity index (χ2v) is 6.28. The third-order valence-corrected chi connectivity index (χ3v) is 4.82. The van der Waals surface area contributed by atoms with Crippen molar-refractivity contribution in [2.24, 2.45) is 0 Å². The Kier molecular flexibility index (Phi) is 6.22. The van der Waals surface area contributed by atoms with Crippen LogP contribution in [0.2, 0.25) is 0 Å². The van der Waals surface area contributed by atoms with Gasteiger partial charge >= 0.3 is 0 Å². The standard InChI is InChI=1S/C14H26N4OS/c1-17-7-4-5-13(17)10-18(2)14-16-12(11-20-14)9-15-6-8-19-3/h11,13,15H,4-10H2,1-3H3. The van der Waals surface area contributed by atoms with Crippen molar-refractivity contribution in [3.63, 3.8) is 0 Å². The molecule has 0 aromatic carbocycles. The molecule has 1 saturated heterocycles. The van der Waals surface area contributed by atoms with E-state index in [0.717, 1.165) is 37.1 Å². The summed E-state index contributed by atoms with van der Waals surface area (Å²) in [6, 6.07) is 0.673. The second kappa shape index (κ2) is 7.93. The van der Waals surface area contributed by atoms with E-state index in [1.54, 1.807) is 18.4 Å². The number of hydrogen-bond donors (Lipinski definition) is 1. The van der Waals surface area contributed by atoms with E-state index in [1.807, 2.05) is 0 Å². The fraction of sp³-hybridized carbons (Fsp3) is 0.786. The number of nitrogens with one attached hydrogen (secondary N) is 1. The van der Waals surface area contributed by atoms with Crippen LogP contribution in [-0.4, -0.2) is 63.4 Å². The molecular formula is C14H26N4OS. The lowest BCUT2D eigenvalue weighted by Crippen LogP contribution is -2.36. The minimum absolute atomic E-state index is 0.673. The van der Waals surface area contributed by atoms with E-state index in [0.29, 0.717) is 6.04 Å². The first-order valence-electron chi connectivity index (χ1n) is 7.26. The molecule has 1 N–H and O–H groups in total. The summed E-state index contributed by atoms with van der Waals surface area (Å²) in [7, 11) is 6.09. The number of thiazole rings is 1. The van der Waals surface area contributed by atoms with Gasteiger partial charge < -0.3 is 19.9 Å². The zero-order valence-electron chi connectivity index (χ0n) is 12.8. The highest BCUT2D eigenvalue weighted by molar-refractivity contribution is 7.13. The van der Waals surface area contributed by atoms with E-state index in [-0.39, 0.29) is 0 Å². The molecule has 1 aliphatic rings. The van der Waals surface area contributed by atoms with Crippen LogP contribution in [-0.2, 0) is 11.3 Å². The van der Waals surface area contributed by atoms with Crippen LogP contribution in [0.15, 0.2) is 5.38 Å². The maximum absolute atomic E-state index is 5.01. The van der Waals surface area contributed by atoms with E-state index in [1.165, 1.54) is 19.4 Å². The van der Waals surface area contributed by atoms with Gasteiger partial charge in [0.25, 0.3) is 0 Å². The molecule has 0 amide bonds. The minimum Gasteiger partial charge on any atom is -0.383 e. The van der Waals surface area contributed by atoms with Gasteiger partial charge in [-0.05, 0) is 26.4 Å². The van der Waals surface area contributed by atoms with Crippen LogP contribution in [0.5, 0.6) is 0 Å². The summed E-state index contributed by atoms with van der Waals surface area (Å²) in [4.78, 5) is 9.44. The van der Waals surface area contributed by atoms with Crippen molar-refractivity contribution >= 4 is 16.5 Å². The lowest BCUT2D eigenvalue weighted by Gasteiger charge is -2.25. The van der Waals surface area contributed by atoms with Crippen molar-refractivity contribution in [2.75, 3.05) is 52.3 Å². The van der Waals surface area contributed by atoms with Crippen molar-refractivity contribution < 1.29 is 4.74 Å². The maximum Gasteiger partial charge on any atom is 0.185 e. The molecule has 0 bridgehead atoms. The third-order valence-electron chi connectivity index (χ3n) is 3.81. The van der Waals surface area contributed by atoms with Gasteiger partial charge in [-0.25, -0.2) is 4.98 Å². The van der Waals surface area contributed by atoms with Crippen LogP contribution in [0, 0.1) is 0 Å². The summed E-state index contributed by atoms with van der Waals surface area (Å²) in [6.45, 7) is 4.72. The number of aromatic nitrogens is 1. The van der Waals surface area contributed by atoms with Gasteiger partial charge in [0.05, 0.1) is 12.3 Å². The van der Waals surface area contributed by atoms with Crippen molar-refractivity contribution in [2.45, 2.75) is 25.4 Å². The summed E-state index contributed by atoms with van der Waals surface area (Å²) in [5.74, 6) is 0. The van der Waals surface area contributed by atoms with E-state index in [9.17, 15) is 0 Å². The quantitative estimate of drug-likeness (QED) is 0.735. The molecule has 0 aliphatic carbocycles. The molecular weight excluding hydrogens is 272 g/mol. The topological polar surface area (TPSA) is 40.6 Å². The fourth-order valence-corrected chi connectivity index (χ4v) is 3.35. The van der Waals surface area contributed by atoms with Gasteiger partial charge in [0.2, 0.25) is 0 Å². The van der Waals surface area contributed by atoms with Crippen LogP contribution in [0.4, 0.5) is 5.13 Å². The van der Waals surface area contributed by atoms with Crippen molar-refractivity contribution in [1.29, 1.82) is 0 Å². The number of ether oxygens (including phenoxy) is 1. The van der Waals surface area contributed by atoms with Crippen LogP contribution in [0.3, 0.4) is 0 Å². The van der Waals surface area contributed by atoms with Gasteiger partial charge in [-0.1, -0.05) is 0 Å². The Labute approximate surface area is 125 Å². The summed E-state index contributed by atoms with van der Waals surface area (Å²) in [6.07, 6.45) is 2.62. The molecule has 20 heavy (non-hydrogen) atoms. The van der Waals surface area contributed by atoms with Crippen molar-refractivity contribution in [3.05, 3.63) is 11.1 Å². The van der Waals surface area contributed by atoms with Crippen molar-refractivity contribution in [1.82, 2.24) is 15.2 Å². The fourth-order valence-electron chi connectivity index (χ4n) is 2.55. The molecule has 0 radical (unpaired) electrons. The van der Waals surface area contributed by atoms with Crippen LogP contribution < -0.4 is 10.2 Å². The number of likely N-dealkylation sites (N-methyl/N-ethyl adjacent to an activating group) is 2. The van der Waals surface area contributed by atoms with E-state index in [2.05, 4.69) is 34.6 Å². The van der Waals surface area contributed by atoms with Crippen LogP contribution in [0.25, 0.3) is 0 Å². The molecule has 1 aromatic heterocycles. The molecule has 1 aromatic rings. The van der Waals surface area contributed by atoms with Gasteiger partial charge in [-0.15, -0.1) is 11.3 Å². The highest BCUT2D eigenvalue weighted by Gasteiger charge is 2.22. The molecule has 2 rings (SSSR count). The predicted molar refractivity (Wildman–Crippen MR) is 84.6 cm³/mol. The van der Waals surface area contributed by atoms with Gasteiger partial charge in [-0.2, -0.15) is 0 Å². The number of methoxy groups -OCH3 is 1. The molecule has 1 fully saturated rings. The Balaban J connectivity index is 1.78. The van der Waals surface area contributed by atoms with E-state index >= 15 is 0 Å². The van der Waals surface area contributed by atoms with E-state index < -0.39 is 0 Å². The first-order valence-corrected chi connectivity index (χ1v) is 8.14. The van der Waals surface area contributed by atoms with Crippen LogP contribution in [0.1, 0.15) is 18.5 Å². The number of nitrogens with zero attached hydrogens (tertiary/aromatic N) is 3. The second-order valence-electron chi connectivity index (χ2n) is 5.45. The highest BCUT2D eigenvalue weighted by atomic mass is 32.1. The third kappa shape index (κ3) is 4.41. The molecule has 0 spiro atoms. The summed E-state index contributed by atoms with van der Waals surface area (Å²) in [5, 5.41) is 6.59. The largest absolute Gasteiger partial charge is 0.383 e. The zero-order valence-corrected chi connectivity index (χ0v) is 13.6. The Hall–Kier alpha value is -0.690. The SMILES string of the molecule is COCCNCc1csc(N(C)CC2CCCN2C)n1. The monoisotopic (exact) mass is 298 g/mol. The van der Waals surface area contributed by atoms with E-state index in [4.69, 9.17) is 9.72 Å². The Bertz CT molecular complexity index is 398. The predicted octanol–water partition coefficient (Wildman–Crippen LogP) is 1.41. The van der Waals surface area contributed by atoms with Gasteiger partial charge in [0, 0.05) is 45.2 Å². The van der Waals surface area contributed by atoms with Gasteiger partial charge in [0.15, 0.2) is 5.13 Å². The number of anilines is 1. The Morgan fingerprint density at radius 1 is 1.60 bits per heavy atom. The smallest absolute Gasteiger partial charge is 0.185 e. The minimum atomic E-state index is 0.673. The molecule has 0 saturated carbocycles. The lowest BCUT2D eigenvalue weighted by atomic mass is 10.2. The zero-order chi connectivity index (χ0) is 14.4. The molecule has 1 aliphatic heterocycles. The highest BCUT2D eigenvalue weighted by Crippen LogP contribution is 2.22. The lowest BCUT2D eigenvalue weighted by molar-refractivity contribution is 0.199.